The summed E-state index contributed by atoms with van der Waals surface area (Å²) in [5.41, 5.74) is 8.34. The number of nitrogens with zero attached hydrogens (tertiary/aromatic N) is 1. The molecule has 3 aromatic rings. The molecule has 0 saturated carbocycles. The Morgan fingerprint density at radius 3 is 2.52 bits per heavy atom. The summed E-state index contributed by atoms with van der Waals surface area (Å²) in [7, 11) is 0. The van der Waals surface area contributed by atoms with E-state index in [1.807, 2.05) is 55.5 Å². The fraction of sp³-hybridized carbons (Fsp3) is 0.208. The lowest BCUT2D eigenvalue weighted by Gasteiger charge is -2.13. The van der Waals surface area contributed by atoms with Crippen molar-refractivity contribution in [2.75, 3.05) is 12.0 Å². The highest BCUT2D eigenvalue weighted by Gasteiger charge is 2.08. The number of ether oxygens (including phenoxy) is 2. The van der Waals surface area contributed by atoms with Gasteiger partial charge in [0.25, 0.3) is 0 Å². The molecule has 0 unspecified atom stereocenters. The van der Waals surface area contributed by atoms with E-state index in [1.54, 1.807) is 6.21 Å². The molecule has 0 aliphatic carbocycles. The van der Waals surface area contributed by atoms with E-state index in [4.69, 9.17) is 21.1 Å². The maximum atomic E-state index is 6.21. The first kappa shape index (κ1) is 20.7. The number of nitrogens with one attached hydrogen (secondary N) is 1. The number of hydrazone groups is 1. The average molecular weight is 409 g/mol. The van der Waals surface area contributed by atoms with Gasteiger partial charge in [-0.25, -0.2) is 0 Å². The van der Waals surface area contributed by atoms with Crippen molar-refractivity contribution in [2.45, 2.75) is 27.4 Å². The number of halogens is 1. The van der Waals surface area contributed by atoms with Crippen molar-refractivity contribution in [1.29, 1.82) is 0 Å². The standard InChI is InChI=1S/C24H25ClN2O2/c1-4-28-24-14-19(15-26-27-21-11-9-17(2)18(3)13-21)10-12-23(24)29-16-20-7-5-6-8-22(20)25/h5-15,27H,4,16H2,1-3H3/b26-15+. The van der Waals surface area contributed by atoms with Crippen molar-refractivity contribution in [3.05, 3.63) is 87.9 Å². The van der Waals surface area contributed by atoms with Gasteiger partial charge >= 0.3 is 0 Å². The zero-order valence-electron chi connectivity index (χ0n) is 16.9. The highest BCUT2D eigenvalue weighted by Crippen LogP contribution is 2.29. The highest BCUT2D eigenvalue weighted by atomic mass is 35.5. The predicted molar refractivity (Wildman–Crippen MR) is 121 cm³/mol. The fourth-order valence-corrected chi connectivity index (χ4v) is 2.95. The van der Waals surface area contributed by atoms with E-state index < -0.39 is 0 Å². The summed E-state index contributed by atoms with van der Waals surface area (Å²) in [6.07, 6.45) is 1.76. The molecule has 0 radical (unpaired) electrons. The molecule has 5 heteroatoms. The van der Waals surface area contributed by atoms with Crippen LogP contribution in [0.3, 0.4) is 0 Å². The zero-order chi connectivity index (χ0) is 20.6. The Labute approximate surface area is 177 Å². The van der Waals surface area contributed by atoms with Gasteiger partial charge in [0.2, 0.25) is 0 Å². The van der Waals surface area contributed by atoms with Crippen LogP contribution >= 0.6 is 11.6 Å². The second-order valence-electron chi connectivity index (χ2n) is 6.69. The Morgan fingerprint density at radius 2 is 1.76 bits per heavy atom. The Balaban J connectivity index is 1.69. The van der Waals surface area contributed by atoms with Gasteiger partial charge in [-0.3, -0.25) is 5.43 Å². The summed E-state index contributed by atoms with van der Waals surface area (Å²) in [6, 6.07) is 19.5. The third kappa shape index (κ3) is 5.75. The van der Waals surface area contributed by atoms with Crippen molar-refractivity contribution < 1.29 is 9.47 Å². The molecule has 0 heterocycles. The van der Waals surface area contributed by atoms with E-state index >= 15 is 0 Å². The molecule has 3 aromatic carbocycles. The van der Waals surface area contributed by atoms with Crippen LogP contribution in [0.1, 0.15) is 29.2 Å². The molecule has 150 valence electrons. The van der Waals surface area contributed by atoms with E-state index in [1.165, 1.54) is 11.1 Å². The minimum atomic E-state index is 0.377. The van der Waals surface area contributed by atoms with Gasteiger partial charge in [-0.15, -0.1) is 0 Å². The lowest BCUT2D eigenvalue weighted by atomic mass is 10.1. The Bertz CT molecular complexity index is 1000. The van der Waals surface area contributed by atoms with Gasteiger partial charge in [0.15, 0.2) is 11.5 Å². The van der Waals surface area contributed by atoms with Crippen molar-refractivity contribution in [3.63, 3.8) is 0 Å². The molecule has 29 heavy (non-hydrogen) atoms. The van der Waals surface area contributed by atoms with E-state index in [9.17, 15) is 0 Å². The first-order chi connectivity index (χ1) is 14.1. The molecule has 0 saturated heterocycles. The SMILES string of the molecule is CCOc1cc(/C=N/Nc2ccc(C)c(C)c2)ccc1OCc1ccccc1Cl. The maximum Gasteiger partial charge on any atom is 0.161 e. The quantitative estimate of drug-likeness (QED) is 0.347. The second-order valence-corrected chi connectivity index (χ2v) is 7.10. The molecule has 0 amide bonds. The van der Waals surface area contributed by atoms with Gasteiger partial charge in [0, 0.05) is 10.6 Å². The van der Waals surface area contributed by atoms with E-state index in [0.717, 1.165) is 16.8 Å². The van der Waals surface area contributed by atoms with Crippen molar-refractivity contribution in [3.8, 4) is 11.5 Å². The van der Waals surface area contributed by atoms with E-state index in [-0.39, 0.29) is 0 Å². The van der Waals surface area contributed by atoms with Crippen LogP contribution in [0.25, 0.3) is 0 Å². The lowest BCUT2D eigenvalue weighted by molar-refractivity contribution is 0.269. The molecular formula is C24H25ClN2O2. The van der Waals surface area contributed by atoms with Gasteiger partial charge in [-0.05, 0) is 73.9 Å². The first-order valence-electron chi connectivity index (χ1n) is 9.56. The number of hydrogen-bond acceptors (Lipinski definition) is 4. The van der Waals surface area contributed by atoms with Crippen molar-refractivity contribution in [2.24, 2.45) is 5.10 Å². The summed E-state index contributed by atoms with van der Waals surface area (Å²) in [6.45, 7) is 7.04. The largest absolute Gasteiger partial charge is 0.490 e. The molecule has 0 spiro atoms. The van der Waals surface area contributed by atoms with Crippen LogP contribution in [0.5, 0.6) is 11.5 Å². The normalized spacial score (nSPS) is 10.9. The minimum Gasteiger partial charge on any atom is -0.490 e. The third-order valence-electron chi connectivity index (χ3n) is 4.52. The lowest BCUT2D eigenvalue weighted by Crippen LogP contribution is -2.01. The summed E-state index contributed by atoms with van der Waals surface area (Å²) < 4.78 is 11.7. The number of rotatable bonds is 8. The average Bonchev–Trinajstić information content (AvgIpc) is 2.71. The number of benzene rings is 3. The molecule has 3 rings (SSSR count). The third-order valence-corrected chi connectivity index (χ3v) is 4.89. The van der Waals surface area contributed by atoms with Crippen molar-refractivity contribution in [1.82, 2.24) is 0 Å². The fourth-order valence-electron chi connectivity index (χ4n) is 2.76. The van der Waals surface area contributed by atoms with Gasteiger partial charge in [0.1, 0.15) is 6.61 Å². The van der Waals surface area contributed by atoms with Crippen LogP contribution in [0, 0.1) is 13.8 Å². The van der Waals surface area contributed by atoms with Gasteiger partial charge in [-0.2, -0.15) is 5.10 Å². The first-order valence-corrected chi connectivity index (χ1v) is 9.94. The zero-order valence-corrected chi connectivity index (χ0v) is 17.7. The molecule has 1 N–H and O–H groups in total. The van der Waals surface area contributed by atoms with E-state index in [0.29, 0.717) is 29.7 Å². The maximum absolute atomic E-state index is 6.21. The molecule has 0 aliphatic rings. The van der Waals surface area contributed by atoms with Gasteiger partial charge in [-0.1, -0.05) is 35.9 Å². The summed E-state index contributed by atoms with van der Waals surface area (Å²) in [4.78, 5) is 0. The van der Waals surface area contributed by atoms with Crippen LogP contribution in [0.15, 0.2) is 65.8 Å². The van der Waals surface area contributed by atoms with Gasteiger partial charge < -0.3 is 9.47 Å². The second kappa shape index (κ2) is 9.99. The highest BCUT2D eigenvalue weighted by molar-refractivity contribution is 6.31. The molecular weight excluding hydrogens is 384 g/mol. The Morgan fingerprint density at radius 1 is 0.931 bits per heavy atom. The number of hydrogen-bond donors (Lipinski definition) is 1. The minimum absolute atomic E-state index is 0.377. The monoisotopic (exact) mass is 408 g/mol. The molecule has 0 atom stereocenters. The molecule has 4 nitrogen and oxygen atoms in total. The summed E-state index contributed by atoms with van der Waals surface area (Å²) in [5.74, 6) is 1.35. The van der Waals surface area contributed by atoms with Crippen LogP contribution in [-0.4, -0.2) is 12.8 Å². The van der Waals surface area contributed by atoms with Crippen molar-refractivity contribution >= 4 is 23.5 Å². The molecule has 0 fully saturated rings. The van der Waals surface area contributed by atoms with Crippen LogP contribution in [-0.2, 0) is 6.61 Å². The Kier molecular flexibility index (Phi) is 7.14. The van der Waals surface area contributed by atoms with Crippen LogP contribution in [0.2, 0.25) is 5.02 Å². The topological polar surface area (TPSA) is 42.8 Å². The Hall–Kier alpha value is -2.98. The van der Waals surface area contributed by atoms with Crippen LogP contribution in [0.4, 0.5) is 5.69 Å². The molecule has 0 bridgehead atoms. The molecule has 0 aliphatic heterocycles. The molecule has 0 aromatic heterocycles. The summed E-state index contributed by atoms with van der Waals surface area (Å²) >= 11 is 6.21. The van der Waals surface area contributed by atoms with Gasteiger partial charge in [0.05, 0.1) is 18.5 Å². The smallest absolute Gasteiger partial charge is 0.161 e. The van der Waals surface area contributed by atoms with E-state index in [2.05, 4.69) is 36.5 Å². The predicted octanol–water partition coefficient (Wildman–Crippen LogP) is 6.38. The number of aryl methyl sites for hydroxylation is 2. The van der Waals surface area contributed by atoms with Crippen LogP contribution < -0.4 is 14.9 Å². The number of anilines is 1. The summed E-state index contributed by atoms with van der Waals surface area (Å²) in [5, 5.41) is 5.02.